The second-order valence-corrected chi connectivity index (χ2v) is 7.56. The van der Waals surface area contributed by atoms with E-state index in [4.69, 9.17) is 9.84 Å². The molecule has 0 spiro atoms. The van der Waals surface area contributed by atoms with E-state index in [1.807, 2.05) is 29.9 Å². The maximum Gasteiger partial charge on any atom is 0.193 e. The summed E-state index contributed by atoms with van der Waals surface area (Å²) in [4.78, 5) is 6.69. The van der Waals surface area contributed by atoms with Gasteiger partial charge in [-0.25, -0.2) is 4.68 Å². The van der Waals surface area contributed by atoms with Crippen molar-refractivity contribution >= 4 is 5.96 Å². The summed E-state index contributed by atoms with van der Waals surface area (Å²) >= 11 is 0. The van der Waals surface area contributed by atoms with Crippen molar-refractivity contribution in [3.05, 3.63) is 47.3 Å². The van der Waals surface area contributed by atoms with Crippen LogP contribution in [-0.4, -0.2) is 54.5 Å². The number of hydrogen-bond acceptors (Lipinski definition) is 3. The van der Waals surface area contributed by atoms with Gasteiger partial charge >= 0.3 is 0 Å². The third-order valence-electron chi connectivity index (χ3n) is 5.65. The smallest absolute Gasteiger partial charge is 0.193 e. The third-order valence-corrected chi connectivity index (χ3v) is 5.65. The van der Waals surface area contributed by atoms with Crippen molar-refractivity contribution in [3.63, 3.8) is 0 Å². The zero-order valence-corrected chi connectivity index (χ0v) is 17.6. The Bertz CT molecular complexity index is 778. The van der Waals surface area contributed by atoms with Crippen LogP contribution in [0.25, 0.3) is 5.69 Å². The molecule has 2 aromatic rings. The van der Waals surface area contributed by atoms with E-state index in [0.29, 0.717) is 0 Å². The van der Waals surface area contributed by atoms with Gasteiger partial charge in [0.1, 0.15) is 0 Å². The lowest BCUT2D eigenvalue weighted by Gasteiger charge is -2.26. The summed E-state index contributed by atoms with van der Waals surface area (Å²) in [5.74, 6) is 1.70. The highest BCUT2D eigenvalue weighted by atomic mass is 16.5. The average molecular weight is 384 g/mol. The Morgan fingerprint density at radius 1 is 1.25 bits per heavy atom. The van der Waals surface area contributed by atoms with E-state index < -0.39 is 0 Å². The number of aliphatic imine (C=N–C) groups is 1. The van der Waals surface area contributed by atoms with Crippen LogP contribution in [0.5, 0.6) is 0 Å². The highest BCUT2D eigenvalue weighted by molar-refractivity contribution is 5.79. The van der Waals surface area contributed by atoms with Crippen LogP contribution in [-0.2, 0) is 11.3 Å². The van der Waals surface area contributed by atoms with Gasteiger partial charge in [-0.15, -0.1) is 0 Å². The van der Waals surface area contributed by atoms with Crippen molar-refractivity contribution in [2.75, 3.05) is 33.9 Å². The largest absolute Gasteiger partial charge is 0.381 e. The summed E-state index contributed by atoms with van der Waals surface area (Å²) in [5.41, 5.74) is 4.53. The van der Waals surface area contributed by atoms with E-state index >= 15 is 0 Å². The maximum atomic E-state index is 5.46. The van der Waals surface area contributed by atoms with Crippen molar-refractivity contribution in [3.8, 4) is 5.69 Å². The van der Waals surface area contributed by atoms with E-state index in [2.05, 4.69) is 48.2 Å². The molecule has 1 N–H and O–H groups in total. The molecule has 28 heavy (non-hydrogen) atoms. The Kier molecular flexibility index (Phi) is 7.09. The van der Waals surface area contributed by atoms with Crippen molar-refractivity contribution in [2.45, 2.75) is 39.7 Å². The molecule has 0 saturated carbocycles. The van der Waals surface area contributed by atoms with Gasteiger partial charge in [-0.3, -0.25) is 4.99 Å². The van der Waals surface area contributed by atoms with Crippen LogP contribution >= 0.6 is 0 Å². The third kappa shape index (κ3) is 4.93. The van der Waals surface area contributed by atoms with Crippen LogP contribution in [0.1, 0.15) is 36.2 Å². The van der Waals surface area contributed by atoms with E-state index in [-0.39, 0.29) is 0 Å². The van der Waals surface area contributed by atoms with Gasteiger partial charge in [-0.05, 0) is 51.2 Å². The number of nitrogens with zero attached hydrogens (tertiary/aromatic N) is 4. The fourth-order valence-electron chi connectivity index (χ4n) is 3.82. The Morgan fingerprint density at radius 2 is 1.96 bits per heavy atom. The van der Waals surface area contributed by atoms with Gasteiger partial charge in [-0.2, -0.15) is 5.10 Å². The maximum absolute atomic E-state index is 5.46. The number of rotatable bonds is 6. The number of ether oxygens (including phenoxy) is 1. The van der Waals surface area contributed by atoms with E-state index in [1.54, 1.807) is 0 Å². The molecule has 0 radical (unpaired) electrons. The first-order chi connectivity index (χ1) is 13.6. The molecule has 0 unspecified atom stereocenters. The van der Waals surface area contributed by atoms with Gasteiger partial charge < -0.3 is 15.0 Å². The molecule has 1 aromatic heterocycles. The van der Waals surface area contributed by atoms with Gasteiger partial charge in [0.05, 0.1) is 11.4 Å². The van der Waals surface area contributed by atoms with Crippen molar-refractivity contribution in [1.82, 2.24) is 20.0 Å². The molecule has 1 aromatic carbocycles. The molecule has 2 heterocycles. The lowest BCUT2D eigenvalue weighted by molar-refractivity contribution is 0.0625. The minimum Gasteiger partial charge on any atom is -0.381 e. The fourth-order valence-corrected chi connectivity index (χ4v) is 3.82. The Labute approximate surface area is 168 Å². The Balaban J connectivity index is 1.59. The van der Waals surface area contributed by atoms with E-state index in [9.17, 15) is 0 Å². The number of hydrogen-bond donors (Lipinski definition) is 1. The number of benzene rings is 1. The highest BCUT2D eigenvalue weighted by Gasteiger charge is 2.17. The number of nitrogens with one attached hydrogen (secondary N) is 1. The zero-order chi connectivity index (χ0) is 19.9. The van der Waals surface area contributed by atoms with Gasteiger partial charge in [-0.1, -0.05) is 18.2 Å². The molecule has 6 nitrogen and oxygen atoms in total. The standard InChI is InChI=1S/C22H33N5O/c1-17-21(18(2)27(25-17)20-8-6-5-7-9-20)16-24-22(23-3)26(4)13-10-19-11-14-28-15-12-19/h5-9,19H,10-16H2,1-4H3,(H,23,24). The fraction of sp³-hybridized carbons (Fsp3) is 0.545. The van der Waals surface area contributed by atoms with Crippen LogP contribution in [0, 0.1) is 19.8 Å². The van der Waals surface area contributed by atoms with Crippen LogP contribution in [0.4, 0.5) is 0 Å². The van der Waals surface area contributed by atoms with E-state index in [1.165, 1.54) is 24.8 Å². The normalized spacial score (nSPS) is 15.6. The predicted molar refractivity (Wildman–Crippen MR) is 114 cm³/mol. The van der Waals surface area contributed by atoms with Gasteiger partial charge in [0.25, 0.3) is 0 Å². The van der Waals surface area contributed by atoms with Gasteiger partial charge in [0.2, 0.25) is 0 Å². The summed E-state index contributed by atoms with van der Waals surface area (Å²) in [6.45, 7) is 7.74. The first kappa shape index (κ1) is 20.4. The summed E-state index contributed by atoms with van der Waals surface area (Å²) in [6.07, 6.45) is 3.54. The lowest BCUT2D eigenvalue weighted by atomic mass is 9.96. The number of aromatic nitrogens is 2. The van der Waals surface area contributed by atoms with Crippen molar-refractivity contribution < 1.29 is 4.74 Å². The summed E-state index contributed by atoms with van der Waals surface area (Å²) in [7, 11) is 3.96. The molecule has 3 rings (SSSR count). The molecule has 0 aliphatic carbocycles. The zero-order valence-electron chi connectivity index (χ0n) is 17.6. The monoisotopic (exact) mass is 383 g/mol. The summed E-state index contributed by atoms with van der Waals surface area (Å²) < 4.78 is 7.48. The molecule has 1 fully saturated rings. The lowest BCUT2D eigenvalue weighted by Crippen LogP contribution is -2.39. The Morgan fingerprint density at radius 3 is 2.64 bits per heavy atom. The minimum atomic E-state index is 0.721. The number of aryl methyl sites for hydroxylation is 1. The Hall–Kier alpha value is -2.34. The van der Waals surface area contributed by atoms with Crippen molar-refractivity contribution in [1.29, 1.82) is 0 Å². The molecule has 1 aliphatic heterocycles. The van der Waals surface area contributed by atoms with Crippen LogP contribution in [0.2, 0.25) is 0 Å². The topological polar surface area (TPSA) is 54.7 Å². The molecular weight excluding hydrogens is 350 g/mol. The highest BCUT2D eigenvalue weighted by Crippen LogP contribution is 2.19. The molecule has 1 aliphatic rings. The molecule has 152 valence electrons. The second-order valence-electron chi connectivity index (χ2n) is 7.56. The second kappa shape index (κ2) is 9.73. The number of para-hydroxylation sites is 1. The molecule has 6 heteroatoms. The average Bonchev–Trinajstić information content (AvgIpc) is 3.02. The first-order valence-corrected chi connectivity index (χ1v) is 10.2. The van der Waals surface area contributed by atoms with Gasteiger partial charge in [0, 0.05) is 51.7 Å². The molecule has 0 amide bonds. The molecular formula is C22H33N5O. The van der Waals surface area contributed by atoms with Crippen LogP contribution in [0.3, 0.4) is 0 Å². The van der Waals surface area contributed by atoms with Crippen molar-refractivity contribution in [2.24, 2.45) is 10.9 Å². The summed E-state index contributed by atoms with van der Waals surface area (Å²) in [6, 6.07) is 10.3. The predicted octanol–water partition coefficient (Wildman–Crippen LogP) is 3.31. The minimum absolute atomic E-state index is 0.721. The summed E-state index contributed by atoms with van der Waals surface area (Å²) in [5, 5.41) is 8.26. The quantitative estimate of drug-likeness (QED) is 0.614. The van der Waals surface area contributed by atoms with Crippen LogP contribution in [0.15, 0.2) is 35.3 Å². The SMILES string of the molecule is CN=C(NCc1c(C)nn(-c2ccccc2)c1C)N(C)CCC1CCOCC1. The molecule has 1 saturated heterocycles. The molecule has 0 atom stereocenters. The van der Waals surface area contributed by atoms with E-state index in [0.717, 1.165) is 55.3 Å². The first-order valence-electron chi connectivity index (χ1n) is 10.2. The number of guanidine groups is 1. The van der Waals surface area contributed by atoms with Crippen LogP contribution < -0.4 is 5.32 Å². The van der Waals surface area contributed by atoms with Gasteiger partial charge in [0.15, 0.2) is 5.96 Å². The molecule has 0 bridgehead atoms.